The molecule has 19 heavy (non-hydrogen) atoms. The Kier molecular flexibility index (Phi) is 3.50. The van der Waals surface area contributed by atoms with Crippen LogP contribution in [-0.4, -0.2) is 23.8 Å². The van der Waals surface area contributed by atoms with Crippen LogP contribution < -0.4 is 16.0 Å². The number of imide groups is 1. The molecule has 0 heterocycles. The molecule has 1 aromatic carbocycles. The fourth-order valence-corrected chi connectivity index (χ4v) is 1.68. The summed E-state index contributed by atoms with van der Waals surface area (Å²) in [5.74, 6) is -2.17. The zero-order valence-corrected chi connectivity index (χ0v) is 10.6. The van der Waals surface area contributed by atoms with E-state index in [0.717, 1.165) is 17.7 Å². The maximum atomic E-state index is 12.0. The number of rotatable bonds is 2. The third-order valence-electron chi connectivity index (χ3n) is 2.75. The Bertz CT molecular complexity index is 538. The van der Waals surface area contributed by atoms with E-state index >= 15 is 0 Å². The molecule has 2 rings (SSSR count). The van der Waals surface area contributed by atoms with Crippen LogP contribution >= 0.6 is 0 Å². The monoisotopic (exact) mass is 261 g/mol. The lowest BCUT2D eigenvalue weighted by molar-refractivity contribution is -0.139. The van der Waals surface area contributed by atoms with Crippen LogP contribution in [0.2, 0.25) is 0 Å². The van der Waals surface area contributed by atoms with E-state index in [2.05, 4.69) is 5.32 Å². The maximum Gasteiger partial charge on any atom is 0.323 e. The Labute approximate surface area is 110 Å². The molecule has 100 valence electrons. The number of nitrogens with two attached hydrogens (primary N) is 1. The Morgan fingerprint density at radius 1 is 1.32 bits per heavy atom. The minimum atomic E-state index is -0.884. The van der Waals surface area contributed by atoms with E-state index in [0.29, 0.717) is 11.4 Å². The zero-order valence-electron chi connectivity index (χ0n) is 10.6. The van der Waals surface area contributed by atoms with E-state index in [9.17, 15) is 14.4 Å². The average Bonchev–Trinajstić information content (AvgIpc) is 3.12. The smallest absolute Gasteiger partial charge is 0.323 e. The lowest BCUT2D eigenvalue weighted by Gasteiger charge is -2.18. The van der Waals surface area contributed by atoms with E-state index in [1.54, 1.807) is 18.2 Å². The summed E-state index contributed by atoms with van der Waals surface area (Å²) in [6, 6.07) is 6.35. The molecule has 6 nitrogen and oxygen atoms in total. The number of carbonyl (C=O) groups excluding carboxylic acids is 3. The average molecular weight is 261 g/mol. The summed E-state index contributed by atoms with van der Waals surface area (Å²) in [5.41, 5.74) is 6.32. The van der Waals surface area contributed by atoms with Crippen LogP contribution in [0.4, 0.5) is 11.4 Å². The molecule has 0 aliphatic heterocycles. The molecule has 1 saturated carbocycles. The van der Waals surface area contributed by atoms with Crippen molar-refractivity contribution >= 4 is 29.1 Å². The van der Waals surface area contributed by atoms with Gasteiger partial charge in [0.2, 0.25) is 5.91 Å². The van der Waals surface area contributed by atoms with E-state index in [1.807, 2.05) is 0 Å². The molecule has 3 amide bonds. The number of amides is 3. The molecule has 0 bridgehead atoms. The number of benzene rings is 1. The van der Waals surface area contributed by atoms with Gasteiger partial charge in [-0.3, -0.25) is 14.4 Å². The van der Waals surface area contributed by atoms with Crippen molar-refractivity contribution in [2.45, 2.75) is 25.8 Å². The van der Waals surface area contributed by atoms with Crippen molar-refractivity contribution in [1.82, 2.24) is 5.32 Å². The third kappa shape index (κ3) is 3.09. The normalized spacial score (nSPS) is 13.7. The van der Waals surface area contributed by atoms with Gasteiger partial charge in [-0.25, -0.2) is 4.90 Å². The van der Waals surface area contributed by atoms with Crippen molar-refractivity contribution in [2.75, 3.05) is 10.6 Å². The molecule has 0 radical (unpaired) electrons. The van der Waals surface area contributed by atoms with Gasteiger partial charge in [0, 0.05) is 18.7 Å². The first-order valence-electron chi connectivity index (χ1n) is 6.00. The van der Waals surface area contributed by atoms with Crippen molar-refractivity contribution in [2.24, 2.45) is 0 Å². The van der Waals surface area contributed by atoms with Crippen LogP contribution in [-0.2, 0) is 14.4 Å². The Morgan fingerprint density at radius 3 is 2.53 bits per heavy atom. The quantitative estimate of drug-likeness (QED) is 0.596. The van der Waals surface area contributed by atoms with Gasteiger partial charge in [0.05, 0.1) is 5.69 Å². The van der Waals surface area contributed by atoms with E-state index in [1.165, 1.54) is 13.0 Å². The summed E-state index contributed by atoms with van der Waals surface area (Å²) in [5, 5.41) is 2.56. The van der Waals surface area contributed by atoms with Crippen molar-refractivity contribution in [3.05, 3.63) is 24.3 Å². The van der Waals surface area contributed by atoms with Crippen LogP contribution in [0.5, 0.6) is 0 Å². The lowest BCUT2D eigenvalue weighted by atomic mass is 10.2. The minimum absolute atomic E-state index is 0.0612. The summed E-state index contributed by atoms with van der Waals surface area (Å²) in [6.45, 7) is 1.23. The van der Waals surface area contributed by atoms with E-state index in [-0.39, 0.29) is 6.04 Å². The molecule has 6 heteroatoms. The summed E-state index contributed by atoms with van der Waals surface area (Å²) in [7, 11) is 0. The first-order chi connectivity index (χ1) is 8.99. The van der Waals surface area contributed by atoms with Crippen molar-refractivity contribution in [1.29, 1.82) is 0 Å². The highest BCUT2D eigenvalue weighted by Gasteiger charge is 2.31. The molecule has 0 spiro atoms. The highest BCUT2D eigenvalue weighted by Crippen LogP contribution is 2.20. The van der Waals surface area contributed by atoms with Gasteiger partial charge in [-0.15, -0.1) is 0 Å². The van der Waals surface area contributed by atoms with Crippen LogP contribution in [0.3, 0.4) is 0 Å². The van der Waals surface area contributed by atoms with Gasteiger partial charge >= 0.3 is 11.8 Å². The minimum Gasteiger partial charge on any atom is -0.399 e. The molecule has 1 aliphatic carbocycles. The Morgan fingerprint density at radius 2 is 2.00 bits per heavy atom. The number of nitrogens with zero attached hydrogens (tertiary/aromatic N) is 1. The summed E-state index contributed by atoms with van der Waals surface area (Å²) >= 11 is 0. The van der Waals surface area contributed by atoms with Gasteiger partial charge in [-0.1, -0.05) is 6.07 Å². The predicted molar refractivity (Wildman–Crippen MR) is 70.2 cm³/mol. The molecule has 0 atom stereocenters. The predicted octanol–water partition coefficient (Wildman–Crippen LogP) is 0.427. The van der Waals surface area contributed by atoms with Crippen LogP contribution in [0.15, 0.2) is 24.3 Å². The molecule has 0 aromatic heterocycles. The number of carbonyl (C=O) groups is 3. The van der Waals surface area contributed by atoms with Gasteiger partial charge in [-0.05, 0) is 31.0 Å². The van der Waals surface area contributed by atoms with Crippen molar-refractivity contribution in [3.63, 3.8) is 0 Å². The molecule has 0 unspecified atom stereocenters. The Hall–Kier alpha value is -2.37. The number of nitrogens with one attached hydrogen (secondary N) is 1. The van der Waals surface area contributed by atoms with E-state index in [4.69, 9.17) is 5.73 Å². The summed E-state index contributed by atoms with van der Waals surface area (Å²) in [6.07, 6.45) is 1.74. The second-order valence-corrected chi connectivity index (χ2v) is 4.50. The van der Waals surface area contributed by atoms with Crippen LogP contribution in [0.25, 0.3) is 0 Å². The first kappa shape index (κ1) is 13.1. The molecule has 1 aliphatic rings. The fraction of sp³-hybridized carbons (Fsp3) is 0.308. The molecule has 1 fully saturated rings. The van der Waals surface area contributed by atoms with Gasteiger partial charge < -0.3 is 11.1 Å². The van der Waals surface area contributed by atoms with Crippen LogP contribution in [0.1, 0.15) is 19.8 Å². The van der Waals surface area contributed by atoms with Crippen molar-refractivity contribution < 1.29 is 14.4 Å². The standard InChI is InChI=1S/C13H15N3O3/c1-8(17)16(11-4-2-3-9(14)7-11)13(19)12(18)15-10-5-6-10/h2-4,7,10H,5-6,14H2,1H3,(H,15,18). The highest BCUT2D eigenvalue weighted by atomic mass is 16.2. The number of hydrogen-bond acceptors (Lipinski definition) is 4. The largest absolute Gasteiger partial charge is 0.399 e. The van der Waals surface area contributed by atoms with Gasteiger partial charge in [-0.2, -0.15) is 0 Å². The second-order valence-electron chi connectivity index (χ2n) is 4.50. The van der Waals surface area contributed by atoms with E-state index < -0.39 is 17.7 Å². The van der Waals surface area contributed by atoms with Gasteiger partial charge in [0.25, 0.3) is 0 Å². The molecular formula is C13H15N3O3. The number of hydrogen-bond donors (Lipinski definition) is 2. The molecule has 3 N–H and O–H groups in total. The second kappa shape index (κ2) is 5.09. The third-order valence-corrected chi connectivity index (χ3v) is 2.75. The molecule has 0 saturated heterocycles. The van der Waals surface area contributed by atoms with Gasteiger partial charge in [0.15, 0.2) is 0 Å². The topological polar surface area (TPSA) is 92.5 Å². The summed E-state index contributed by atoms with van der Waals surface area (Å²) < 4.78 is 0. The lowest BCUT2D eigenvalue weighted by Crippen LogP contribution is -2.46. The van der Waals surface area contributed by atoms with Crippen molar-refractivity contribution in [3.8, 4) is 0 Å². The molecular weight excluding hydrogens is 246 g/mol. The van der Waals surface area contributed by atoms with Gasteiger partial charge in [0.1, 0.15) is 0 Å². The summed E-state index contributed by atoms with van der Waals surface area (Å²) in [4.78, 5) is 36.1. The maximum absolute atomic E-state index is 12.0. The molecule has 1 aromatic rings. The number of nitrogen functional groups attached to an aromatic ring is 1. The Balaban J connectivity index is 2.21. The van der Waals surface area contributed by atoms with Crippen LogP contribution in [0, 0.1) is 0 Å². The fourth-order valence-electron chi connectivity index (χ4n) is 1.68. The first-order valence-corrected chi connectivity index (χ1v) is 6.00. The SMILES string of the molecule is CC(=O)N(C(=O)C(=O)NC1CC1)c1cccc(N)c1. The highest BCUT2D eigenvalue weighted by molar-refractivity contribution is 6.45. The number of anilines is 2. The zero-order chi connectivity index (χ0) is 14.0.